The average Bonchev–Trinajstić information content (AvgIpc) is 3.41. The second-order valence-corrected chi connectivity index (χ2v) is 19.6. The van der Waals surface area contributed by atoms with Gasteiger partial charge in [-0.05, 0) is 185 Å². The third-order valence-electron chi connectivity index (χ3n) is 14.6. The maximum absolute atomic E-state index is 13.9. The highest BCUT2D eigenvalue weighted by Gasteiger charge is 2.41. The normalized spacial score (nSPS) is 21.8. The van der Waals surface area contributed by atoms with Crippen molar-refractivity contribution < 1.29 is 38.1 Å². The first kappa shape index (κ1) is 52.0. The first-order chi connectivity index (χ1) is 34.7. The highest BCUT2D eigenvalue weighted by Crippen LogP contribution is 2.45. The Morgan fingerprint density at radius 2 is 1.17 bits per heavy atom. The molecule has 0 aliphatic heterocycles. The zero-order valence-corrected chi connectivity index (χ0v) is 41.3. The van der Waals surface area contributed by atoms with Crippen LogP contribution in [0.4, 0.5) is 0 Å². The number of ether oxygens (including phenoxy) is 4. The lowest BCUT2D eigenvalue weighted by atomic mass is 9.67. The molecule has 0 N–H and O–H groups in total. The molecule has 8 nitrogen and oxygen atoms in total. The summed E-state index contributed by atoms with van der Waals surface area (Å²) in [6, 6.07) is 31.5. The zero-order valence-electron chi connectivity index (χ0n) is 41.3. The first-order valence-corrected chi connectivity index (χ1v) is 26.0. The summed E-state index contributed by atoms with van der Waals surface area (Å²) in [6.07, 6.45) is 25.7. The van der Waals surface area contributed by atoms with Crippen molar-refractivity contribution in [3.63, 3.8) is 0 Å². The molecule has 7 rings (SSSR count). The van der Waals surface area contributed by atoms with Gasteiger partial charge in [-0.2, -0.15) is 0 Å². The van der Waals surface area contributed by atoms with E-state index in [0.29, 0.717) is 74.5 Å². The van der Waals surface area contributed by atoms with Gasteiger partial charge in [0.05, 0.1) is 30.6 Å². The number of rotatable bonds is 17. The molecule has 0 radical (unpaired) electrons. The van der Waals surface area contributed by atoms with Crippen molar-refractivity contribution in [2.75, 3.05) is 13.2 Å². The molecular formula is C63H68O8. The van der Waals surface area contributed by atoms with Crippen LogP contribution in [-0.4, -0.2) is 42.7 Å². The van der Waals surface area contributed by atoms with E-state index < -0.39 is 17.5 Å². The summed E-state index contributed by atoms with van der Waals surface area (Å²) in [5.74, 6) is 16.3. The van der Waals surface area contributed by atoms with Crippen molar-refractivity contribution >= 4 is 30.0 Å². The number of hydrogen-bond acceptors (Lipinski definition) is 8. The molecule has 0 heterocycles. The predicted octanol–water partition coefficient (Wildman–Crippen LogP) is 12.9. The summed E-state index contributed by atoms with van der Waals surface area (Å²) >= 11 is 0. The lowest BCUT2D eigenvalue weighted by Gasteiger charge is -2.41. The number of carbonyl (C=O) groups is 4. The van der Waals surface area contributed by atoms with Gasteiger partial charge in [-0.3, -0.25) is 9.59 Å². The second kappa shape index (κ2) is 27.0. The van der Waals surface area contributed by atoms with Gasteiger partial charge in [0.25, 0.3) is 0 Å². The molecule has 71 heavy (non-hydrogen) atoms. The summed E-state index contributed by atoms with van der Waals surface area (Å²) < 4.78 is 23.0. The monoisotopic (exact) mass is 952 g/mol. The van der Waals surface area contributed by atoms with E-state index in [1.54, 1.807) is 30.3 Å². The molecule has 4 aromatic rings. The summed E-state index contributed by atoms with van der Waals surface area (Å²) in [7, 11) is 0. The van der Waals surface area contributed by atoms with E-state index in [2.05, 4.69) is 36.5 Å². The van der Waals surface area contributed by atoms with E-state index in [1.165, 1.54) is 57.4 Å². The maximum Gasteiger partial charge on any atom is 0.339 e. The molecule has 3 saturated carbocycles. The van der Waals surface area contributed by atoms with Gasteiger partial charge in [-0.15, -0.1) is 6.42 Å². The van der Waals surface area contributed by atoms with Crippen molar-refractivity contribution in [3.05, 3.63) is 143 Å². The van der Waals surface area contributed by atoms with Crippen LogP contribution in [0, 0.1) is 65.6 Å². The fourth-order valence-electron chi connectivity index (χ4n) is 10.2. The minimum Gasteiger partial charge on any atom is -0.465 e. The molecule has 0 aromatic heterocycles. The highest BCUT2D eigenvalue weighted by molar-refractivity contribution is 5.90. The molecule has 3 fully saturated rings. The molecule has 0 saturated heterocycles. The van der Waals surface area contributed by atoms with E-state index in [0.717, 1.165) is 46.6 Å². The van der Waals surface area contributed by atoms with Gasteiger partial charge < -0.3 is 18.9 Å². The summed E-state index contributed by atoms with van der Waals surface area (Å²) in [4.78, 5) is 51.9. The molecule has 8 heteroatoms. The standard InChI is InChI=1S/C63H68O8/c1-3-5-7-12-49-25-28-53(29-26-49)54-40-43-63(44-41-54,42-39-52-23-21-51(22-24-52)20-19-50-17-15-47(4-2)16-18-50)71-62(67)57-34-36-58(37-35-57)70-61(66)56-32-30-55(31-33-56)60(65)69-46-11-10-45-68-59(64)38-27-48-13-8-6-9-14-48/h2,6,8-9,13-18,21-24,27,34-38,49,53-56H,3,5,7,10-12,25-26,28-33,40-41,43-46H2,1H3/b38-27+. The number of carbonyl (C=O) groups excluding carboxylic acids is 4. The van der Waals surface area contributed by atoms with Crippen LogP contribution in [0.25, 0.3) is 6.08 Å². The molecule has 368 valence electrons. The van der Waals surface area contributed by atoms with Crippen LogP contribution in [0.1, 0.15) is 161 Å². The largest absolute Gasteiger partial charge is 0.465 e. The summed E-state index contributed by atoms with van der Waals surface area (Å²) in [5, 5.41) is 0. The lowest BCUT2D eigenvalue weighted by molar-refractivity contribution is -0.152. The van der Waals surface area contributed by atoms with Crippen molar-refractivity contribution in [2.24, 2.45) is 29.6 Å². The third kappa shape index (κ3) is 16.4. The molecule has 0 amide bonds. The molecule has 3 aliphatic rings. The minimum absolute atomic E-state index is 0.243. The second-order valence-electron chi connectivity index (χ2n) is 19.6. The zero-order chi connectivity index (χ0) is 49.7. The molecular weight excluding hydrogens is 885 g/mol. The van der Waals surface area contributed by atoms with Gasteiger partial charge >= 0.3 is 23.9 Å². The van der Waals surface area contributed by atoms with Crippen LogP contribution < -0.4 is 4.74 Å². The minimum atomic E-state index is -0.929. The number of hydrogen-bond donors (Lipinski definition) is 0. The Hall–Kier alpha value is -6.82. The van der Waals surface area contributed by atoms with Gasteiger partial charge in [0.1, 0.15) is 5.75 Å². The smallest absolute Gasteiger partial charge is 0.339 e. The van der Waals surface area contributed by atoms with E-state index >= 15 is 0 Å². The molecule has 3 aliphatic carbocycles. The molecule has 0 bridgehead atoms. The Labute approximate surface area is 421 Å². The number of unbranched alkanes of at least 4 members (excludes halogenated alkanes) is 3. The summed E-state index contributed by atoms with van der Waals surface area (Å²) in [5.41, 5.74) is 3.74. The third-order valence-corrected chi connectivity index (χ3v) is 14.6. The van der Waals surface area contributed by atoms with Crippen molar-refractivity contribution in [2.45, 2.75) is 128 Å². The number of terminal acetylenes is 1. The van der Waals surface area contributed by atoms with Crippen LogP contribution in [0.15, 0.2) is 109 Å². The van der Waals surface area contributed by atoms with Gasteiger partial charge in [-0.1, -0.05) is 99.5 Å². The Morgan fingerprint density at radius 1 is 0.606 bits per heavy atom. The fourth-order valence-corrected chi connectivity index (χ4v) is 10.2. The summed E-state index contributed by atoms with van der Waals surface area (Å²) in [6.45, 7) is 2.76. The Kier molecular flexibility index (Phi) is 19.8. The molecule has 0 unspecified atom stereocenters. The molecule has 0 spiro atoms. The van der Waals surface area contributed by atoms with E-state index in [-0.39, 0.29) is 37.0 Å². The van der Waals surface area contributed by atoms with Crippen LogP contribution in [0.5, 0.6) is 5.75 Å². The maximum atomic E-state index is 13.9. The number of esters is 4. The van der Waals surface area contributed by atoms with Gasteiger partial charge in [0.15, 0.2) is 5.60 Å². The van der Waals surface area contributed by atoms with E-state index in [4.69, 9.17) is 25.4 Å². The fraction of sp³-hybridized carbons (Fsp3) is 0.429. The van der Waals surface area contributed by atoms with Crippen molar-refractivity contribution in [1.82, 2.24) is 0 Å². The van der Waals surface area contributed by atoms with E-state index in [1.807, 2.05) is 78.9 Å². The highest BCUT2D eigenvalue weighted by atomic mass is 16.6. The predicted molar refractivity (Wildman–Crippen MR) is 278 cm³/mol. The van der Waals surface area contributed by atoms with Crippen molar-refractivity contribution in [3.8, 4) is 41.8 Å². The van der Waals surface area contributed by atoms with Gasteiger partial charge in [-0.25, -0.2) is 9.59 Å². The van der Waals surface area contributed by atoms with Crippen LogP contribution in [-0.2, 0) is 28.6 Å². The van der Waals surface area contributed by atoms with Gasteiger partial charge in [0, 0.05) is 28.3 Å². The number of benzene rings is 4. The lowest BCUT2D eigenvalue weighted by Crippen LogP contribution is -2.39. The van der Waals surface area contributed by atoms with Crippen LogP contribution in [0.2, 0.25) is 0 Å². The Bertz CT molecular complexity index is 2560. The van der Waals surface area contributed by atoms with Crippen LogP contribution >= 0.6 is 0 Å². The molecule has 4 aromatic carbocycles. The molecule has 0 atom stereocenters. The SMILES string of the molecule is C#Cc1ccc(C#Cc2ccc(C#CC3(OC(=O)c4ccc(OC(=O)C5CCC(C(=O)OCCCCOC(=O)/C=C/c6ccccc6)CC5)cc4)CCC(C4CCC(CCCCC)CC4)CC3)cc2)cc1. The Morgan fingerprint density at radius 3 is 1.77 bits per heavy atom. The van der Waals surface area contributed by atoms with E-state index in [9.17, 15) is 19.2 Å². The Balaban J connectivity index is 0.880. The topological polar surface area (TPSA) is 105 Å². The average molecular weight is 953 g/mol. The van der Waals surface area contributed by atoms with Crippen LogP contribution in [0.3, 0.4) is 0 Å². The van der Waals surface area contributed by atoms with Gasteiger partial charge in [0.2, 0.25) is 0 Å². The quantitative estimate of drug-likeness (QED) is 0.0257. The first-order valence-electron chi connectivity index (χ1n) is 26.0. The van der Waals surface area contributed by atoms with Crippen molar-refractivity contribution in [1.29, 1.82) is 0 Å².